The summed E-state index contributed by atoms with van der Waals surface area (Å²) in [5.41, 5.74) is 2.39. The van der Waals surface area contributed by atoms with Gasteiger partial charge in [-0.15, -0.1) is 11.3 Å². The summed E-state index contributed by atoms with van der Waals surface area (Å²) < 4.78 is 1.65. The van der Waals surface area contributed by atoms with E-state index in [9.17, 15) is 4.79 Å². The van der Waals surface area contributed by atoms with E-state index in [0.29, 0.717) is 6.04 Å². The van der Waals surface area contributed by atoms with Gasteiger partial charge in [0, 0.05) is 18.1 Å². The second kappa shape index (κ2) is 5.66. The van der Waals surface area contributed by atoms with E-state index in [0.717, 1.165) is 12.1 Å². The number of carbonyl (C=O) groups is 1. The highest BCUT2D eigenvalue weighted by Gasteiger charge is 2.21. The molecule has 3 rings (SSSR count). The highest BCUT2D eigenvalue weighted by Crippen LogP contribution is 2.35. The lowest BCUT2D eigenvalue weighted by Crippen LogP contribution is -2.23. The largest absolute Gasteiger partial charge is 0.376 e. The van der Waals surface area contributed by atoms with Gasteiger partial charge in [-0.2, -0.15) is 5.10 Å². The molecule has 2 heterocycles. The van der Waals surface area contributed by atoms with Gasteiger partial charge in [0.15, 0.2) is 0 Å². The number of likely N-dealkylation sites (N-methyl/N-ethyl adjacent to an activating group) is 1. The molecule has 0 saturated heterocycles. The molecule has 0 radical (unpaired) electrons. The molecule has 0 fully saturated rings. The number of nitrogens with zero attached hydrogens (tertiary/aromatic N) is 2. The molecule has 5 nitrogen and oxygen atoms in total. The van der Waals surface area contributed by atoms with Crippen LogP contribution in [0.4, 0.5) is 5.69 Å². The predicted octanol–water partition coefficient (Wildman–Crippen LogP) is 2.18. The van der Waals surface area contributed by atoms with Gasteiger partial charge in [0.2, 0.25) is 5.91 Å². The molecule has 1 amide bonds. The van der Waals surface area contributed by atoms with E-state index in [1.54, 1.807) is 17.9 Å². The lowest BCUT2D eigenvalue weighted by molar-refractivity contribution is -0.121. The summed E-state index contributed by atoms with van der Waals surface area (Å²) in [6.07, 6.45) is 7.22. The van der Waals surface area contributed by atoms with Gasteiger partial charge in [-0.25, -0.2) is 0 Å². The minimum Gasteiger partial charge on any atom is -0.376 e. The number of carbonyl (C=O) groups excluding carboxylic acids is 1. The van der Waals surface area contributed by atoms with E-state index < -0.39 is 0 Å². The second-order valence-electron chi connectivity index (χ2n) is 4.99. The van der Waals surface area contributed by atoms with Crippen molar-refractivity contribution in [2.45, 2.75) is 31.8 Å². The highest BCUT2D eigenvalue weighted by atomic mass is 32.1. The van der Waals surface area contributed by atoms with Crippen molar-refractivity contribution in [3.8, 4) is 0 Å². The third-order valence-electron chi connectivity index (χ3n) is 3.61. The maximum absolute atomic E-state index is 11.3. The molecule has 1 unspecified atom stereocenters. The molecule has 0 spiro atoms. The van der Waals surface area contributed by atoms with Gasteiger partial charge in [0.05, 0.1) is 17.9 Å². The first kappa shape index (κ1) is 13.2. The van der Waals surface area contributed by atoms with Crippen LogP contribution >= 0.6 is 11.3 Å². The highest BCUT2D eigenvalue weighted by molar-refractivity contribution is 7.10. The standard InChI is InChI=1S/C14H18N4OS/c1-15-14(19)9-18-8-10(7-16-18)17-12-3-2-4-13-11(12)5-6-20-13/h5-8,12,17H,2-4,9H2,1H3,(H,15,19). The molecule has 2 aromatic heterocycles. The van der Waals surface area contributed by atoms with Crippen LogP contribution in [0.1, 0.15) is 29.3 Å². The second-order valence-corrected chi connectivity index (χ2v) is 5.99. The number of aryl methyl sites for hydroxylation is 1. The first-order chi connectivity index (χ1) is 9.76. The van der Waals surface area contributed by atoms with Crippen molar-refractivity contribution in [1.29, 1.82) is 0 Å². The van der Waals surface area contributed by atoms with Crippen molar-refractivity contribution < 1.29 is 4.79 Å². The van der Waals surface area contributed by atoms with Crippen molar-refractivity contribution in [2.75, 3.05) is 12.4 Å². The lowest BCUT2D eigenvalue weighted by atomic mass is 9.94. The Morgan fingerprint density at radius 3 is 3.35 bits per heavy atom. The molecule has 6 heteroatoms. The molecule has 1 aliphatic carbocycles. The first-order valence-corrected chi connectivity index (χ1v) is 7.70. The lowest BCUT2D eigenvalue weighted by Gasteiger charge is -2.23. The average Bonchev–Trinajstić information content (AvgIpc) is 3.08. The number of amides is 1. The van der Waals surface area contributed by atoms with Crippen LogP contribution in [0.25, 0.3) is 0 Å². The number of thiophene rings is 1. The third kappa shape index (κ3) is 2.70. The molecule has 2 N–H and O–H groups in total. The zero-order valence-corrected chi connectivity index (χ0v) is 12.2. The number of aromatic nitrogens is 2. The van der Waals surface area contributed by atoms with E-state index in [1.165, 1.54) is 23.3 Å². The van der Waals surface area contributed by atoms with Crippen LogP contribution in [0, 0.1) is 0 Å². The summed E-state index contributed by atoms with van der Waals surface area (Å²) in [5.74, 6) is -0.0440. The monoisotopic (exact) mass is 290 g/mol. The van der Waals surface area contributed by atoms with Gasteiger partial charge in [0.1, 0.15) is 6.54 Å². The van der Waals surface area contributed by atoms with Crippen LogP contribution in [0.2, 0.25) is 0 Å². The quantitative estimate of drug-likeness (QED) is 0.907. The van der Waals surface area contributed by atoms with Crippen molar-refractivity contribution >= 4 is 22.9 Å². The molecule has 1 atom stereocenters. The summed E-state index contributed by atoms with van der Waals surface area (Å²) in [6, 6.07) is 2.58. The summed E-state index contributed by atoms with van der Waals surface area (Å²) >= 11 is 1.84. The number of rotatable bonds is 4. The maximum Gasteiger partial charge on any atom is 0.241 e. The molecule has 106 valence electrons. The van der Waals surface area contributed by atoms with E-state index >= 15 is 0 Å². The first-order valence-electron chi connectivity index (χ1n) is 6.82. The third-order valence-corrected chi connectivity index (χ3v) is 4.61. The Morgan fingerprint density at radius 1 is 1.60 bits per heavy atom. The molecular weight excluding hydrogens is 272 g/mol. The van der Waals surface area contributed by atoms with Gasteiger partial charge < -0.3 is 10.6 Å². The van der Waals surface area contributed by atoms with E-state index in [4.69, 9.17) is 0 Å². The van der Waals surface area contributed by atoms with Crippen LogP contribution in [0.15, 0.2) is 23.8 Å². The molecule has 20 heavy (non-hydrogen) atoms. The molecule has 2 aromatic rings. The fourth-order valence-electron chi connectivity index (χ4n) is 2.59. The number of anilines is 1. The number of fused-ring (bicyclic) bond motifs is 1. The summed E-state index contributed by atoms with van der Waals surface area (Å²) in [4.78, 5) is 12.8. The number of hydrogen-bond acceptors (Lipinski definition) is 4. The van der Waals surface area contributed by atoms with E-state index in [-0.39, 0.29) is 12.5 Å². The minimum absolute atomic E-state index is 0.0440. The molecular formula is C14H18N4OS. The fraction of sp³-hybridized carbons (Fsp3) is 0.429. The summed E-state index contributed by atoms with van der Waals surface area (Å²) in [5, 5.41) is 12.5. The van der Waals surface area contributed by atoms with Crippen LogP contribution in [0.3, 0.4) is 0 Å². The fourth-order valence-corrected chi connectivity index (χ4v) is 3.58. The maximum atomic E-state index is 11.3. The van der Waals surface area contributed by atoms with Gasteiger partial charge in [-0.3, -0.25) is 9.48 Å². The van der Waals surface area contributed by atoms with Crippen molar-refractivity contribution in [2.24, 2.45) is 0 Å². The smallest absolute Gasteiger partial charge is 0.241 e. The molecule has 1 aliphatic rings. The molecule has 0 saturated carbocycles. The predicted molar refractivity (Wildman–Crippen MR) is 79.9 cm³/mol. The minimum atomic E-state index is -0.0440. The van der Waals surface area contributed by atoms with Gasteiger partial charge in [-0.1, -0.05) is 0 Å². The van der Waals surface area contributed by atoms with Gasteiger partial charge in [-0.05, 0) is 36.3 Å². The van der Waals surface area contributed by atoms with Gasteiger partial charge in [0.25, 0.3) is 0 Å². The Morgan fingerprint density at radius 2 is 2.50 bits per heavy atom. The van der Waals surface area contributed by atoms with Crippen molar-refractivity contribution in [3.05, 3.63) is 34.3 Å². The molecule has 0 aromatic carbocycles. The topological polar surface area (TPSA) is 59.0 Å². The van der Waals surface area contributed by atoms with Crippen LogP contribution in [-0.4, -0.2) is 22.7 Å². The summed E-state index contributed by atoms with van der Waals surface area (Å²) in [6.45, 7) is 0.256. The SMILES string of the molecule is CNC(=O)Cn1cc(NC2CCCc3sccc32)cn1. The Labute approximate surface area is 122 Å². The Bertz CT molecular complexity index is 604. The zero-order chi connectivity index (χ0) is 13.9. The van der Waals surface area contributed by atoms with Crippen LogP contribution in [-0.2, 0) is 17.8 Å². The van der Waals surface area contributed by atoms with Crippen LogP contribution < -0.4 is 10.6 Å². The zero-order valence-electron chi connectivity index (χ0n) is 11.4. The van der Waals surface area contributed by atoms with Gasteiger partial charge >= 0.3 is 0 Å². The normalized spacial score (nSPS) is 17.6. The van der Waals surface area contributed by atoms with Crippen molar-refractivity contribution in [3.63, 3.8) is 0 Å². The molecule has 0 aliphatic heterocycles. The summed E-state index contributed by atoms with van der Waals surface area (Å²) in [7, 11) is 1.63. The Kier molecular flexibility index (Phi) is 3.73. The van der Waals surface area contributed by atoms with E-state index in [2.05, 4.69) is 27.2 Å². The number of hydrogen-bond donors (Lipinski definition) is 2. The number of nitrogens with one attached hydrogen (secondary N) is 2. The Balaban J connectivity index is 1.69. The van der Waals surface area contributed by atoms with E-state index in [1.807, 2.05) is 17.5 Å². The van der Waals surface area contributed by atoms with Crippen molar-refractivity contribution in [1.82, 2.24) is 15.1 Å². The Hall–Kier alpha value is -1.82. The average molecular weight is 290 g/mol. The van der Waals surface area contributed by atoms with Crippen LogP contribution in [0.5, 0.6) is 0 Å². The molecule has 0 bridgehead atoms.